The normalized spacial score (nSPS) is 18.5. The van der Waals surface area contributed by atoms with Crippen molar-refractivity contribution in [3.8, 4) is 0 Å². The molecule has 5 heteroatoms. The number of hydrogen-bond acceptors (Lipinski definition) is 2. The molecule has 1 fully saturated rings. The van der Waals surface area contributed by atoms with Crippen LogP contribution in [-0.2, 0) is 0 Å². The van der Waals surface area contributed by atoms with Crippen LogP contribution in [-0.4, -0.2) is 23.9 Å². The summed E-state index contributed by atoms with van der Waals surface area (Å²) in [6.07, 6.45) is 2.59. The maximum absolute atomic E-state index is 12.5. The summed E-state index contributed by atoms with van der Waals surface area (Å²) in [5, 5.41) is 0.486. The maximum Gasteiger partial charge on any atom is 0.255 e. The molecule has 0 aliphatic carbocycles. The Morgan fingerprint density at radius 1 is 1.40 bits per heavy atom. The zero-order chi connectivity index (χ0) is 14.1. The number of rotatable bonds is 2. The highest BCUT2D eigenvalue weighted by Crippen LogP contribution is 2.30. The van der Waals surface area contributed by atoms with E-state index in [-0.39, 0.29) is 11.8 Å². The van der Waals surface area contributed by atoms with Gasteiger partial charge in [0.05, 0.1) is 16.8 Å². The standard InChI is InChI=1S/C15H13BrClNO2/c16-11-3-4-13(17)12(8-11)15(19)18-6-5-10(9-18)14-2-1-7-20-14/h1-4,7-8,10H,5-6,9H2. The summed E-state index contributed by atoms with van der Waals surface area (Å²) in [5.41, 5.74) is 0.543. The first kappa shape index (κ1) is 13.7. The van der Waals surface area contributed by atoms with Crippen LogP contribution < -0.4 is 0 Å². The molecular formula is C15H13BrClNO2. The molecule has 1 aliphatic heterocycles. The summed E-state index contributed by atoms with van der Waals surface area (Å²) < 4.78 is 6.28. The van der Waals surface area contributed by atoms with Gasteiger partial charge in [-0.25, -0.2) is 0 Å². The fourth-order valence-electron chi connectivity index (χ4n) is 2.53. The molecule has 0 spiro atoms. The Labute approximate surface area is 130 Å². The molecule has 2 aromatic rings. The molecule has 0 bridgehead atoms. The Kier molecular flexibility index (Phi) is 3.85. The van der Waals surface area contributed by atoms with Crippen molar-refractivity contribution in [1.82, 2.24) is 4.90 Å². The van der Waals surface area contributed by atoms with Gasteiger partial charge in [-0.3, -0.25) is 4.79 Å². The van der Waals surface area contributed by atoms with E-state index in [2.05, 4.69) is 15.9 Å². The van der Waals surface area contributed by atoms with Crippen molar-refractivity contribution in [1.29, 1.82) is 0 Å². The van der Waals surface area contributed by atoms with Crippen molar-refractivity contribution in [2.24, 2.45) is 0 Å². The highest BCUT2D eigenvalue weighted by Gasteiger charge is 2.30. The van der Waals surface area contributed by atoms with E-state index in [1.165, 1.54) is 0 Å². The molecule has 1 saturated heterocycles. The van der Waals surface area contributed by atoms with Crippen LogP contribution in [0.3, 0.4) is 0 Å². The van der Waals surface area contributed by atoms with Gasteiger partial charge in [0.1, 0.15) is 5.76 Å². The van der Waals surface area contributed by atoms with Crippen molar-refractivity contribution in [2.75, 3.05) is 13.1 Å². The molecule has 104 valence electrons. The van der Waals surface area contributed by atoms with E-state index < -0.39 is 0 Å². The van der Waals surface area contributed by atoms with Crippen molar-refractivity contribution < 1.29 is 9.21 Å². The first-order valence-electron chi connectivity index (χ1n) is 6.43. The topological polar surface area (TPSA) is 33.5 Å². The Bertz CT molecular complexity index is 627. The third-order valence-corrected chi connectivity index (χ3v) is 4.40. The van der Waals surface area contributed by atoms with Crippen LogP contribution in [0.15, 0.2) is 45.5 Å². The number of carbonyl (C=O) groups excluding carboxylic acids is 1. The van der Waals surface area contributed by atoms with Crippen molar-refractivity contribution in [3.05, 3.63) is 57.4 Å². The highest BCUT2D eigenvalue weighted by atomic mass is 79.9. The molecule has 1 unspecified atom stereocenters. The predicted octanol–water partition coefficient (Wildman–Crippen LogP) is 4.33. The minimum Gasteiger partial charge on any atom is -0.469 e. The molecular weight excluding hydrogens is 342 g/mol. The summed E-state index contributed by atoms with van der Waals surface area (Å²) in [4.78, 5) is 14.4. The summed E-state index contributed by atoms with van der Waals surface area (Å²) >= 11 is 9.49. The minimum absolute atomic E-state index is 0.0228. The Morgan fingerprint density at radius 3 is 3.00 bits per heavy atom. The van der Waals surface area contributed by atoms with Gasteiger partial charge in [0, 0.05) is 23.5 Å². The number of hydrogen-bond donors (Lipinski definition) is 0. The third kappa shape index (κ3) is 2.63. The van der Waals surface area contributed by atoms with Gasteiger partial charge >= 0.3 is 0 Å². The molecule has 1 aromatic carbocycles. The summed E-state index contributed by atoms with van der Waals surface area (Å²) in [7, 11) is 0. The second kappa shape index (κ2) is 5.62. The molecule has 1 aromatic heterocycles. The molecule has 0 saturated carbocycles. The summed E-state index contributed by atoms with van der Waals surface area (Å²) in [5.74, 6) is 1.20. The Morgan fingerprint density at radius 2 is 2.25 bits per heavy atom. The van der Waals surface area contributed by atoms with Crippen LogP contribution in [0.2, 0.25) is 5.02 Å². The fourth-order valence-corrected chi connectivity index (χ4v) is 3.09. The van der Waals surface area contributed by atoms with E-state index in [1.54, 1.807) is 18.4 Å². The van der Waals surface area contributed by atoms with Crippen LogP contribution in [0.5, 0.6) is 0 Å². The lowest BCUT2D eigenvalue weighted by molar-refractivity contribution is 0.0790. The molecule has 1 amide bonds. The summed E-state index contributed by atoms with van der Waals surface area (Å²) in [6.45, 7) is 1.40. The molecule has 3 rings (SSSR count). The minimum atomic E-state index is -0.0228. The van der Waals surface area contributed by atoms with Crippen LogP contribution in [0, 0.1) is 0 Å². The molecule has 0 radical (unpaired) electrons. The van der Waals surface area contributed by atoms with Crippen molar-refractivity contribution in [3.63, 3.8) is 0 Å². The number of carbonyl (C=O) groups is 1. The van der Waals surface area contributed by atoms with Crippen LogP contribution in [0.25, 0.3) is 0 Å². The number of benzene rings is 1. The van der Waals surface area contributed by atoms with Gasteiger partial charge in [0.2, 0.25) is 0 Å². The van der Waals surface area contributed by atoms with Crippen LogP contribution in [0.1, 0.15) is 28.5 Å². The number of halogens is 2. The second-order valence-electron chi connectivity index (χ2n) is 4.88. The zero-order valence-corrected chi connectivity index (χ0v) is 13.0. The van der Waals surface area contributed by atoms with E-state index in [9.17, 15) is 4.79 Å². The zero-order valence-electron chi connectivity index (χ0n) is 10.7. The Hall–Kier alpha value is -1.26. The molecule has 3 nitrogen and oxygen atoms in total. The second-order valence-corrected chi connectivity index (χ2v) is 6.20. The van der Waals surface area contributed by atoms with Crippen LogP contribution in [0.4, 0.5) is 0 Å². The smallest absolute Gasteiger partial charge is 0.255 e. The van der Waals surface area contributed by atoms with Crippen LogP contribution >= 0.6 is 27.5 Å². The number of nitrogens with zero attached hydrogens (tertiary/aromatic N) is 1. The lowest BCUT2D eigenvalue weighted by Crippen LogP contribution is -2.28. The predicted molar refractivity (Wildman–Crippen MR) is 81.1 cm³/mol. The largest absolute Gasteiger partial charge is 0.469 e. The van der Waals surface area contributed by atoms with Gasteiger partial charge in [0.25, 0.3) is 5.91 Å². The first-order chi connectivity index (χ1) is 9.65. The van der Waals surface area contributed by atoms with E-state index in [0.29, 0.717) is 17.1 Å². The van der Waals surface area contributed by atoms with Gasteiger partial charge in [-0.2, -0.15) is 0 Å². The lowest BCUT2D eigenvalue weighted by atomic mass is 10.1. The molecule has 0 N–H and O–H groups in total. The SMILES string of the molecule is O=C(c1cc(Br)ccc1Cl)N1CCC(c2ccco2)C1. The van der Waals surface area contributed by atoms with E-state index >= 15 is 0 Å². The summed E-state index contributed by atoms with van der Waals surface area (Å²) in [6, 6.07) is 9.17. The van der Waals surface area contributed by atoms with Gasteiger partial charge in [-0.15, -0.1) is 0 Å². The monoisotopic (exact) mass is 353 g/mol. The van der Waals surface area contributed by atoms with Crippen molar-refractivity contribution >= 4 is 33.4 Å². The lowest BCUT2D eigenvalue weighted by Gasteiger charge is -2.17. The average molecular weight is 355 g/mol. The van der Waals surface area contributed by atoms with Gasteiger partial charge in [-0.1, -0.05) is 27.5 Å². The van der Waals surface area contributed by atoms with E-state index in [0.717, 1.165) is 23.2 Å². The average Bonchev–Trinajstić information content (AvgIpc) is 3.10. The van der Waals surface area contributed by atoms with E-state index in [4.69, 9.17) is 16.0 Å². The quantitative estimate of drug-likeness (QED) is 0.804. The number of furan rings is 1. The first-order valence-corrected chi connectivity index (χ1v) is 7.60. The Balaban J connectivity index is 1.77. The van der Waals surface area contributed by atoms with Gasteiger partial charge < -0.3 is 9.32 Å². The molecule has 2 heterocycles. The van der Waals surface area contributed by atoms with Gasteiger partial charge in [0.15, 0.2) is 0 Å². The highest BCUT2D eigenvalue weighted by molar-refractivity contribution is 9.10. The molecule has 1 atom stereocenters. The van der Waals surface area contributed by atoms with Gasteiger partial charge in [-0.05, 0) is 36.8 Å². The third-order valence-electron chi connectivity index (χ3n) is 3.58. The number of amides is 1. The van der Waals surface area contributed by atoms with Crippen molar-refractivity contribution in [2.45, 2.75) is 12.3 Å². The fraction of sp³-hybridized carbons (Fsp3) is 0.267. The van der Waals surface area contributed by atoms with E-state index in [1.807, 2.05) is 23.1 Å². The maximum atomic E-state index is 12.5. The molecule has 20 heavy (non-hydrogen) atoms. The molecule has 1 aliphatic rings. The number of likely N-dealkylation sites (tertiary alicyclic amines) is 1.